The SMILES string of the molecule is Cc1noc(C)c1CCC(=O)NNC(=O)c1ccc(CSc2nc3ccccc3[nH]2)cc1. The molecule has 4 aromatic rings. The lowest BCUT2D eigenvalue weighted by Gasteiger charge is -2.08. The first-order valence-electron chi connectivity index (χ1n) is 10.2. The molecule has 3 N–H and O–H groups in total. The van der Waals surface area contributed by atoms with Crippen molar-refractivity contribution in [2.24, 2.45) is 0 Å². The van der Waals surface area contributed by atoms with E-state index >= 15 is 0 Å². The van der Waals surface area contributed by atoms with Crippen LogP contribution in [0.4, 0.5) is 0 Å². The topological polar surface area (TPSA) is 113 Å². The molecule has 164 valence electrons. The summed E-state index contributed by atoms with van der Waals surface area (Å²) in [6.45, 7) is 3.65. The van der Waals surface area contributed by atoms with Crippen LogP contribution in [0.2, 0.25) is 0 Å². The van der Waals surface area contributed by atoms with E-state index in [0.717, 1.165) is 38.8 Å². The van der Waals surface area contributed by atoms with Crippen LogP contribution in [0.25, 0.3) is 11.0 Å². The molecule has 9 heteroatoms. The number of carbonyl (C=O) groups is 2. The van der Waals surface area contributed by atoms with E-state index in [2.05, 4.69) is 26.0 Å². The number of rotatable bonds is 7. The maximum atomic E-state index is 12.3. The van der Waals surface area contributed by atoms with Gasteiger partial charge in [0.05, 0.1) is 16.7 Å². The highest BCUT2D eigenvalue weighted by atomic mass is 32.2. The summed E-state index contributed by atoms with van der Waals surface area (Å²) in [5, 5.41) is 4.73. The predicted molar refractivity (Wildman–Crippen MR) is 122 cm³/mol. The number of aryl methyl sites for hydroxylation is 2. The number of fused-ring (bicyclic) bond motifs is 1. The Morgan fingerprint density at radius 2 is 1.84 bits per heavy atom. The zero-order chi connectivity index (χ0) is 22.5. The molecular formula is C23H23N5O3S. The largest absolute Gasteiger partial charge is 0.361 e. The number of nitrogens with one attached hydrogen (secondary N) is 3. The van der Waals surface area contributed by atoms with E-state index in [9.17, 15) is 9.59 Å². The van der Waals surface area contributed by atoms with E-state index in [0.29, 0.717) is 17.7 Å². The van der Waals surface area contributed by atoms with Crippen LogP contribution in [0.5, 0.6) is 0 Å². The van der Waals surface area contributed by atoms with Crippen LogP contribution >= 0.6 is 11.8 Å². The van der Waals surface area contributed by atoms with E-state index < -0.39 is 0 Å². The van der Waals surface area contributed by atoms with Crippen molar-refractivity contribution < 1.29 is 14.1 Å². The Bertz CT molecular complexity index is 1190. The Labute approximate surface area is 189 Å². The zero-order valence-corrected chi connectivity index (χ0v) is 18.6. The molecule has 2 aromatic heterocycles. The van der Waals surface area contributed by atoms with Crippen molar-refractivity contribution in [1.82, 2.24) is 26.0 Å². The van der Waals surface area contributed by atoms with E-state index in [4.69, 9.17) is 4.52 Å². The van der Waals surface area contributed by atoms with Crippen molar-refractivity contribution in [2.45, 2.75) is 37.6 Å². The molecule has 32 heavy (non-hydrogen) atoms. The van der Waals surface area contributed by atoms with Gasteiger partial charge in [0.15, 0.2) is 5.16 Å². The molecular weight excluding hydrogens is 426 g/mol. The van der Waals surface area contributed by atoms with Gasteiger partial charge >= 0.3 is 0 Å². The fourth-order valence-electron chi connectivity index (χ4n) is 3.26. The van der Waals surface area contributed by atoms with Gasteiger partial charge in [0.25, 0.3) is 5.91 Å². The Kier molecular flexibility index (Phi) is 6.55. The van der Waals surface area contributed by atoms with Crippen molar-refractivity contribution >= 4 is 34.6 Å². The average molecular weight is 450 g/mol. The monoisotopic (exact) mass is 449 g/mol. The van der Waals surface area contributed by atoms with Crippen LogP contribution in [0.1, 0.15) is 39.4 Å². The summed E-state index contributed by atoms with van der Waals surface area (Å²) >= 11 is 1.60. The molecule has 4 rings (SSSR count). The van der Waals surface area contributed by atoms with Crippen molar-refractivity contribution in [3.05, 3.63) is 76.7 Å². The Hall–Kier alpha value is -3.59. The molecule has 0 aliphatic carbocycles. The number of hydrazine groups is 1. The number of aromatic nitrogens is 3. The fraction of sp³-hybridized carbons (Fsp3) is 0.217. The van der Waals surface area contributed by atoms with Crippen LogP contribution in [-0.4, -0.2) is 26.9 Å². The minimum atomic E-state index is -0.368. The van der Waals surface area contributed by atoms with Crippen molar-refractivity contribution in [3.8, 4) is 0 Å². The van der Waals surface area contributed by atoms with Gasteiger partial charge in [-0.25, -0.2) is 4.98 Å². The summed E-state index contributed by atoms with van der Waals surface area (Å²) in [5.74, 6) is 0.780. The molecule has 0 saturated heterocycles. The van der Waals surface area contributed by atoms with Gasteiger partial charge in [-0.3, -0.25) is 20.4 Å². The first-order valence-corrected chi connectivity index (χ1v) is 11.2. The number of thioether (sulfide) groups is 1. The molecule has 0 fully saturated rings. The number of benzene rings is 2. The maximum Gasteiger partial charge on any atom is 0.269 e. The molecule has 2 amide bonds. The molecule has 0 aliphatic heterocycles. The molecule has 8 nitrogen and oxygen atoms in total. The predicted octanol–water partition coefficient (Wildman–Crippen LogP) is 3.85. The van der Waals surface area contributed by atoms with Crippen molar-refractivity contribution in [3.63, 3.8) is 0 Å². The number of aromatic amines is 1. The van der Waals surface area contributed by atoms with Gasteiger partial charge in [-0.05, 0) is 50.1 Å². The van der Waals surface area contributed by atoms with Crippen molar-refractivity contribution in [1.29, 1.82) is 0 Å². The lowest BCUT2D eigenvalue weighted by atomic mass is 10.1. The van der Waals surface area contributed by atoms with Gasteiger partial charge in [-0.2, -0.15) is 0 Å². The number of para-hydroxylation sites is 2. The van der Waals surface area contributed by atoms with Crippen LogP contribution in [0.3, 0.4) is 0 Å². The lowest BCUT2D eigenvalue weighted by Crippen LogP contribution is -2.41. The van der Waals surface area contributed by atoms with Gasteiger partial charge in [-0.15, -0.1) is 0 Å². The van der Waals surface area contributed by atoms with Crippen LogP contribution in [0.15, 0.2) is 58.2 Å². The molecule has 0 radical (unpaired) electrons. The minimum absolute atomic E-state index is 0.223. The van der Waals surface area contributed by atoms with Crippen LogP contribution in [-0.2, 0) is 17.0 Å². The molecule has 2 aromatic carbocycles. The molecule has 0 spiro atoms. The minimum Gasteiger partial charge on any atom is -0.361 e. The number of hydrogen-bond donors (Lipinski definition) is 3. The number of hydrogen-bond acceptors (Lipinski definition) is 6. The normalized spacial score (nSPS) is 10.9. The summed E-state index contributed by atoms with van der Waals surface area (Å²) in [6.07, 6.45) is 0.724. The number of nitrogens with zero attached hydrogens (tertiary/aromatic N) is 2. The van der Waals surface area contributed by atoms with E-state index in [1.54, 1.807) is 23.9 Å². The third-order valence-electron chi connectivity index (χ3n) is 5.06. The van der Waals surface area contributed by atoms with E-state index in [-0.39, 0.29) is 18.2 Å². The van der Waals surface area contributed by atoms with E-state index in [1.807, 2.05) is 50.2 Å². The first kappa shape index (κ1) is 21.6. The standard InChI is InChI=1S/C23H23N5O3S/c1-14-18(15(2)31-28-14)11-12-21(29)26-27-22(30)17-9-7-16(8-10-17)13-32-23-24-19-5-3-4-6-20(19)25-23/h3-10H,11-13H2,1-2H3,(H,24,25)(H,26,29)(H,27,30). The van der Waals surface area contributed by atoms with Crippen LogP contribution < -0.4 is 10.9 Å². The Morgan fingerprint density at radius 1 is 1.06 bits per heavy atom. The lowest BCUT2D eigenvalue weighted by molar-refractivity contribution is -0.121. The van der Waals surface area contributed by atoms with Gasteiger partial charge < -0.3 is 9.51 Å². The summed E-state index contributed by atoms with van der Waals surface area (Å²) in [7, 11) is 0. The third-order valence-corrected chi connectivity index (χ3v) is 6.00. The van der Waals surface area contributed by atoms with Crippen LogP contribution in [0, 0.1) is 13.8 Å². The number of amides is 2. The molecule has 0 bridgehead atoms. The van der Waals surface area contributed by atoms with Gasteiger partial charge in [0, 0.05) is 23.3 Å². The summed E-state index contributed by atoms with van der Waals surface area (Å²) < 4.78 is 5.09. The smallest absolute Gasteiger partial charge is 0.269 e. The quantitative estimate of drug-likeness (QED) is 0.292. The Morgan fingerprint density at radius 3 is 2.56 bits per heavy atom. The summed E-state index contributed by atoms with van der Waals surface area (Å²) in [5.41, 5.74) is 10.1. The Balaban J connectivity index is 1.24. The molecule has 2 heterocycles. The second kappa shape index (κ2) is 9.69. The van der Waals surface area contributed by atoms with Gasteiger partial charge in [-0.1, -0.05) is 41.2 Å². The fourth-order valence-corrected chi connectivity index (χ4v) is 4.10. The number of H-pyrrole nitrogens is 1. The second-order valence-corrected chi connectivity index (χ2v) is 8.31. The zero-order valence-electron chi connectivity index (χ0n) is 17.8. The molecule has 0 aliphatic rings. The summed E-state index contributed by atoms with van der Waals surface area (Å²) in [6, 6.07) is 15.2. The number of carbonyl (C=O) groups excluding carboxylic acids is 2. The molecule has 0 saturated carbocycles. The summed E-state index contributed by atoms with van der Waals surface area (Å²) in [4.78, 5) is 32.2. The van der Waals surface area contributed by atoms with Gasteiger partial charge in [0.1, 0.15) is 5.76 Å². The highest BCUT2D eigenvalue weighted by Crippen LogP contribution is 2.23. The third kappa shape index (κ3) is 5.17. The molecule has 0 atom stereocenters. The molecule has 0 unspecified atom stereocenters. The average Bonchev–Trinajstić information content (AvgIpc) is 3.37. The first-order chi connectivity index (χ1) is 15.5. The van der Waals surface area contributed by atoms with E-state index in [1.165, 1.54) is 0 Å². The highest BCUT2D eigenvalue weighted by molar-refractivity contribution is 7.98. The highest BCUT2D eigenvalue weighted by Gasteiger charge is 2.12. The number of imidazole rings is 1. The maximum absolute atomic E-state index is 12.3. The van der Waals surface area contributed by atoms with Gasteiger partial charge in [0.2, 0.25) is 5.91 Å². The van der Waals surface area contributed by atoms with Crippen molar-refractivity contribution in [2.75, 3.05) is 0 Å². The second-order valence-electron chi connectivity index (χ2n) is 7.35.